The molecule has 0 unspecified atom stereocenters. The molecule has 3 aromatic rings. The number of benzene rings is 1. The van der Waals surface area contributed by atoms with Gasteiger partial charge in [0.2, 0.25) is 11.8 Å². The first kappa shape index (κ1) is 20.8. The van der Waals surface area contributed by atoms with E-state index < -0.39 is 5.91 Å². The topological polar surface area (TPSA) is 144 Å². The Labute approximate surface area is 172 Å². The largest absolute Gasteiger partial charge is 0.475 e. The van der Waals surface area contributed by atoms with Gasteiger partial charge in [0, 0.05) is 43.2 Å². The monoisotopic (exact) mass is 410 g/mol. The summed E-state index contributed by atoms with van der Waals surface area (Å²) in [6.45, 7) is 2.23. The second-order valence-electron chi connectivity index (χ2n) is 6.29. The van der Waals surface area contributed by atoms with E-state index in [1.54, 1.807) is 49.7 Å². The molecule has 30 heavy (non-hydrogen) atoms. The molecule has 10 heteroatoms. The second kappa shape index (κ2) is 9.52. The maximum absolute atomic E-state index is 12.1. The number of ether oxygens (including phenoxy) is 2. The van der Waals surface area contributed by atoms with Gasteiger partial charge in [0.05, 0.1) is 12.3 Å². The molecule has 2 amide bonds. The smallest absolute Gasteiger partial charge is 0.254 e. The average molecular weight is 410 g/mol. The van der Waals surface area contributed by atoms with Crippen LogP contribution in [0, 0.1) is 0 Å². The molecule has 10 nitrogen and oxygen atoms in total. The lowest BCUT2D eigenvalue weighted by Crippen LogP contribution is -2.13. The minimum absolute atomic E-state index is 0.170. The lowest BCUT2D eigenvalue weighted by Gasteiger charge is -2.08. The van der Waals surface area contributed by atoms with E-state index in [0.29, 0.717) is 41.7 Å². The van der Waals surface area contributed by atoms with Crippen LogP contribution in [0.25, 0.3) is 11.3 Å². The number of hydrogen-bond donors (Lipinski definition) is 4. The van der Waals surface area contributed by atoms with Crippen molar-refractivity contribution in [3.63, 3.8) is 0 Å². The number of methoxy groups -OCH3 is 1. The second-order valence-corrected chi connectivity index (χ2v) is 6.29. The molecular weight excluding hydrogens is 388 g/mol. The van der Waals surface area contributed by atoms with Crippen molar-refractivity contribution < 1.29 is 19.1 Å². The first-order valence-electron chi connectivity index (χ1n) is 9.09. The molecule has 0 aliphatic rings. The van der Waals surface area contributed by atoms with Gasteiger partial charge in [0.25, 0.3) is 5.91 Å². The lowest BCUT2D eigenvalue weighted by molar-refractivity contribution is -0.114. The van der Waals surface area contributed by atoms with Crippen LogP contribution >= 0.6 is 0 Å². The van der Waals surface area contributed by atoms with Crippen LogP contribution in [0.3, 0.4) is 0 Å². The number of nitrogens with one attached hydrogen (secondary N) is 3. The number of anilines is 3. The van der Waals surface area contributed by atoms with E-state index >= 15 is 0 Å². The van der Waals surface area contributed by atoms with E-state index in [0.717, 1.165) is 0 Å². The molecular formula is C20H22N6O4. The molecule has 0 aliphatic heterocycles. The van der Waals surface area contributed by atoms with Crippen LogP contribution in [-0.4, -0.2) is 47.3 Å². The fraction of sp³-hybridized carbons (Fsp3) is 0.200. The molecule has 2 aromatic heterocycles. The number of carbonyl (C=O) groups excluding carboxylic acids is 2. The Morgan fingerprint density at radius 2 is 1.90 bits per heavy atom. The fourth-order valence-electron chi connectivity index (χ4n) is 2.74. The Morgan fingerprint density at radius 1 is 1.13 bits per heavy atom. The quantitative estimate of drug-likeness (QED) is 0.396. The van der Waals surface area contributed by atoms with Gasteiger partial charge in [0.1, 0.15) is 12.2 Å². The van der Waals surface area contributed by atoms with Crippen molar-refractivity contribution in [2.75, 3.05) is 31.0 Å². The minimum atomic E-state index is -0.641. The van der Waals surface area contributed by atoms with Gasteiger partial charge in [-0.25, -0.2) is 4.98 Å². The van der Waals surface area contributed by atoms with Gasteiger partial charge < -0.3 is 25.8 Å². The molecule has 0 aliphatic carbocycles. The van der Waals surface area contributed by atoms with Crippen molar-refractivity contribution in [2.45, 2.75) is 6.92 Å². The van der Waals surface area contributed by atoms with Gasteiger partial charge in [-0.15, -0.1) is 0 Å². The predicted octanol–water partition coefficient (Wildman–Crippen LogP) is 2.30. The highest BCUT2D eigenvalue weighted by Crippen LogP contribution is 2.29. The van der Waals surface area contributed by atoms with Crippen LogP contribution in [0.4, 0.5) is 17.2 Å². The molecule has 0 saturated heterocycles. The summed E-state index contributed by atoms with van der Waals surface area (Å²) in [7, 11) is 1.59. The molecule has 0 spiro atoms. The third-order valence-electron chi connectivity index (χ3n) is 4.04. The molecule has 0 saturated carbocycles. The van der Waals surface area contributed by atoms with Crippen LogP contribution in [0.1, 0.15) is 17.3 Å². The highest BCUT2D eigenvalue weighted by atomic mass is 16.5. The third kappa shape index (κ3) is 5.11. The SMILES string of the molecule is COCCOc1cc(Nc2n[nH]c(-c3ccc(NC(C)=O)cc3)c2C(N)=O)ccn1. The summed E-state index contributed by atoms with van der Waals surface area (Å²) >= 11 is 0. The van der Waals surface area contributed by atoms with E-state index in [1.807, 2.05) is 0 Å². The van der Waals surface area contributed by atoms with Gasteiger partial charge in [-0.1, -0.05) is 12.1 Å². The first-order valence-corrected chi connectivity index (χ1v) is 9.09. The van der Waals surface area contributed by atoms with Crippen molar-refractivity contribution in [1.82, 2.24) is 15.2 Å². The number of rotatable bonds is 9. The van der Waals surface area contributed by atoms with E-state index in [4.69, 9.17) is 15.2 Å². The van der Waals surface area contributed by atoms with E-state index in [1.165, 1.54) is 6.92 Å². The van der Waals surface area contributed by atoms with Crippen LogP contribution in [0.2, 0.25) is 0 Å². The number of aromatic amines is 1. The van der Waals surface area contributed by atoms with Crippen LogP contribution < -0.4 is 21.1 Å². The zero-order valence-corrected chi connectivity index (χ0v) is 16.6. The number of nitrogens with two attached hydrogens (primary N) is 1. The Hall–Kier alpha value is -3.92. The number of H-pyrrole nitrogens is 1. The molecule has 0 atom stereocenters. The molecule has 0 fully saturated rings. The summed E-state index contributed by atoms with van der Waals surface area (Å²) in [4.78, 5) is 27.4. The number of nitrogens with zero attached hydrogens (tertiary/aromatic N) is 2. The van der Waals surface area contributed by atoms with E-state index in [2.05, 4.69) is 25.8 Å². The molecule has 2 heterocycles. The third-order valence-corrected chi connectivity index (χ3v) is 4.04. The van der Waals surface area contributed by atoms with Gasteiger partial charge in [-0.05, 0) is 18.2 Å². The summed E-state index contributed by atoms with van der Waals surface area (Å²) in [5.41, 5.74) is 8.24. The van der Waals surface area contributed by atoms with E-state index in [-0.39, 0.29) is 17.3 Å². The van der Waals surface area contributed by atoms with Crippen molar-refractivity contribution in [2.24, 2.45) is 5.73 Å². The summed E-state index contributed by atoms with van der Waals surface area (Å²) in [6, 6.07) is 10.3. The Bertz CT molecular complexity index is 1030. The van der Waals surface area contributed by atoms with Crippen LogP contribution in [-0.2, 0) is 9.53 Å². The Morgan fingerprint density at radius 3 is 2.57 bits per heavy atom. The van der Waals surface area contributed by atoms with Crippen LogP contribution in [0.15, 0.2) is 42.6 Å². The molecule has 1 aromatic carbocycles. The maximum Gasteiger partial charge on any atom is 0.254 e. The Balaban J connectivity index is 1.84. The Kier molecular flexibility index (Phi) is 6.60. The first-order chi connectivity index (χ1) is 14.5. The molecule has 0 bridgehead atoms. The summed E-state index contributed by atoms with van der Waals surface area (Å²) in [5, 5.41) is 12.8. The van der Waals surface area contributed by atoms with Crippen molar-refractivity contribution in [3.8, 4) is 17.1 Å². The highest BCUT2D eigenvalue weighted by Gasteiger charge is 2.20. The summed E-state index contributed by atoms with van der Waals surface area (Å²) in [6.07, 6.45) is 1.57. The molecule has 156 valence electrons. The standard InChI is InChI=1S/C20H22N6O4/c1-12(27)23-14-5-3-13(4-6-14)18-17(19(21)28)20(26-25-18)24-15-7-8-22-16(11-15)30-10-9-29-2/h3-8,11H,9-10H2,1-2H3,(H2,21,28)(H,23,27)(H2,22,24,25,26). The molecule has 3 rings (SSSR count). The molecule has 0 radical (unpaired) electrons. The van der Waals surface area contributed by atoms with Gasteiger partial charge in [0.15, 0.2) is 5.82 Å². The number of carbonyl (C=O) groups is 2. The average Bonchev–Trinajstić information content (AvgIpc) is 3.12. The molecule has 5 N–H and O–H groups in total. The lowest BCUT2D eigenvalue weighted by atomic mass is 10.1. The minimum Gasteiger partial charge on any atom is -0.475 e. The van der Waals surface area contributed by atoms with Crippen molar-refractivity contribution >= 4 is 29.0 Å². The van der Waals surface area contributed by atoms with Gasteiger partial charge in [-0.3, -0.25) is 14.7 Å². The summed E-state index contributed by atoms with van der Waals surface area (Å²) in [5.74, 6) is -0.131. The normalized spacial score (nSPS) is 10.5. The number of primary amides is 1. The number of hydrogen-bond acceptors (Lipinski definition) is 7. The van der Waals surface area contributed by atoms with Crippen LogP contribution in [0.5, 0.6) is 5.88 Å². The number of amides is 2. The zero-order valence-electron chi connectivity index (χ0n) is 16.6. The summed E-state index contributed by atoms with van der Waals surface area (Å²) < 4.78 is 10.4. The highest BCUT2D eigenvalue weighted by molar-refractivity contribution is 6.04. The zero-order chi connectivity index (χ0) is 21.5. The fourth-order valence-corrected chi connectivity index (χ4v) is 2.74. The predicted molar refractivity (Wildman–Crippen MR) is 112 cm³/mol. The maximum atomic E-state index is 12.1. The van der Waals surface area contributed by atoms with Crippen molar-refractivity contribution in [3.05, 3.63) is 48.2 Å². The van der Waals surface area contributed by atoms with Gasteiger partial charge in [-0.2, -0.15) is 5.10 Å². The number of pyridine rings is 1. The number of aromatic nitrogens is 3. The van der Waals surface area contributed by atoms with E-state index in [9.17, 15) is 9.59 Å². The van der Waals surface area contributed by atoms with Gasteiger partial charge >= 0.3 is 0 Å². The van der Waals surface area contributed by atoms with Crippen molar-refractivity contribution in [1.29, 1.82) is 0 Å².